The van der Waals surface area contributed by atoms with Gasteiger partial charge < -0.3 is 10.1 Å². The summed E-state index contributed by atoms with van der Waals surface area (Å²) in [6, 6.07) is 11.2. The van der Waals surface area contributed by atoms with Crippen molar-refractivity contribution < 1.29 is 14.3 Å². The molecule has 0 aromatic heterocycles. The van der Waals surface area contributed by atoms with Crippen LogP contribution in [-0.4, -0.2) is 18.5 Å². The predicted molar refractivity (Wildman–Crippen MR) is 101 cm³/mol. The van der Waals surface area contributed by atoms with Gasteiger partial charge in [-0.15, -0.1) is 0 Å². The molecule has 0 heterocycles. The van der Waals surface area contributed by atoms with E-state index in [-0.39, 0.29) is 12.5 Å². The number of halogens is 1. The van der Waals surface area contributed by atoms with E-state index in [9.17, 15) is 9.59 Å². The number of esters is 1. The summed E-state index contributed by atoms with van der Waals surface area (Å²) in [4.78, 5) is 24.2. The summed E-state index contributed by atoms with van der Waals surface area (Å²) in [7, 11) is 0. The fourth-order valence-corrected chi connectivity index (χ4v) is 3.24. The third-order valence-electron chi connectivity index (χ3n) is 4.36. The van der Waals surface area contributed by atoms with E-state index in [2.05, 4.69) is 21.2 Å². The van der Waals surface area contributed by atoms with Gasteiger partial charge in [-0.05, 0) is 79.6 Å². The smallest absolute Gasteiger partial charge is 0.338 e. The van der Waals surface area contributed by atoms with Gasteiger partial charge in [0.1, 0.15) is 0 Å². The highest BCUT2D eigenvalue weighted by Gasteiger charge is 2.15. The van der Waals surface area contributed by atoms with Crippen LogP contribution in [0.3, 0.4) is 0 Å². The van der Waals surface area contributed by atoms with Crippen LogP contribution in [-0.2, 0) is 22.4 Å². The first kappa shape index (κ1) is 17.7. The number of carbonyl (C=O) groups excluding carboxylic acids is 2. The van der Waals surface area contributed by atoms with E-state index in [1.165, 1.54) is 17.5 Å². The number of ether oxygens (including phenoxy) is 1. The molecule has 0 radical (unpaired) electrons. The van der Waals surface area contributed by atoms with Crippen molar-refractivity contribution in [2.45, 2.75) is 32.6 Å². The number of fused-ring (bicyclic) bond motifs is 1. The Morgan fingerprint density at radius 2 is 1.84 bits per heavy atom. The van der Waals surface area contributed by atoms with Gasteiger partial charge in [-0.3, -0.25) is 4.79 Å². The van der Waals surface area contributed by atoms with Gasteiger partial charge in [0.25, 0.3) is 5.91 Å². The van der Waals surface area contributed by atoms with Crippen LogP contribution in [0.4, 0.5) is 5.69 Å². The van der Waals surface area contributed by atoms with Crippen molar-refractivity contribution in [2.24, 2.45) is 0 Å². The summed E-state index contributed by atoms with van der Waals surface area (Å²) >= 11 is 3.42. The molecule has 1 amide bonds. The number of aryl methyl sites for hydroxylation is 3. The predicted octanol–water partition coefficient (Wildman–Crippen LogP) is 4.43. The lowest BCUT2D eigenvalue weighted by molar-refractivity contribution is -0.119. The molecule has 3 rings (SSSR count). The minimum atomic E-state index is -0.462. The zero-order valence-electron chi connectivity index (χ0n) is 14.1. The van der Waals surface area contributed by atoms with Gasteiger partial charge in [0, 0.05) is 10.2 Å². The fourth-order valence-electron chi connectivity index (χ4n) is 2.99. The van der Waals surface area contributed by atoms with Crippen molar-refractivity contribution in [1.82, 2.24) is 0 Å². The topological polar surface area (TPSA) is 55.4 Å². The summed E-state index contributed by atoms with van der Waals surface area (Å²) in [6.07, 6.45) is 4.42. The minimum absolute atomic E-state index is 0.301. The van der Waals surface area contributed by atoms with Crippen molar-refractivity contribution in [2.75, 3.05) is 11.9 Å². The maximum absolute atomic E-state index is 12.2. The summed E-state index contributed by atoms with van der Waals surface area (Å²) < 4.78 is 6.12. The van der Waals surface area contributed by atoms with Crippen molar-refractivity contribution in [3.8, 4) is 0 Å². The monoisotopic (exact) mass is 401 g/mol. The Bertz CT molecular complexity index is 817. The van der Waals surface area contributed by atoms with E-state index in [0.29, 0.717) is 11.3 Å². The maximum Gasteiger partial charge on any atom is 0.338 e. The standard InChI is InChI=1S/C20H20BrNO3/c1-13-10-17(8-9-18(13)21)22-19(23)12-25-20(24)16-7-6-14-4-2-3-5-15(14)11-16/h6-11H,2-5,12H2,1H3,(H,22,23). The SMILES string of the molecule is Cc1cc(NC(=O)COC(=O)c2ccc3c(c2)CCCC3)ccc1Br. The average molecular weight is 402 g/mol. The Morgan fingerprint density at radius 3 is 2.60 bits per heavy atom. The van der Waals surface area contributed by atoms with Crippen LogP contribution in [0.1, 0.15) is 39.9 Å². The molecule has 0 bridgehead atoms. The minimum Gasteiger partial charge on any atom is -0.452 e. The number of rotatable bonds is 4. The van der Waals surface area contributed by atoms with Gasteiger partial charge in [-0.25, -0.2) is 4.79 Å². The fraction of sp³-hybridized carbons (Fsp3) is 0.300. The Labute approximate surface area is 155 Å². The van der Waals surface area contributed by atoms with Crippen LogP contribution in [0, 0.1) is 6.92 Å². The van der Waals surface area contributed by atoms with Crippen molar-refractivity contribution in [3.05, 3.63) is 63.1 Å². The largest absolute Gasteiger partial charge is 0.452 e. The third-order valence-corrected chi connectivity index (χ3v) is 5.25. The molecule has 25 heavy (non-hydrogen) atoms. The first-order valence-corrected chi connectivity index (χ1v) is 9.17. The average Bonchev–Trinajstić information content (AvgIpc) is 2.62. The molecular formula is C20H20BrNO3. The molecule has 1 aliphatic rings. The molecule has 0 spiro atoms. The van der Waals surface area contributed by atoms with E-state index < -0.39 is 5.97 Å². The van der Waals surface area contributed by atoms with Crippen LogP contribution in [0.2, 0.25) is 0 Å². The van der Waals surface area contributed by atoms with Crippen LogP contribution < -0.4 is 5.32 Å². The van der Waals surface area contributed by atoms with Crippen LogP contribution in [0.15, 0.2) is 40.9 Å². The first-order valence-electron chi connectivity index (χ1n) is 8.38. The van der Waals surface area contributed by atoms with Gasteiger partial charge in [0.05, 0.1) is 5.56 Å². The quantitative estimate of drug-likeness (QED) is 0.770. The van der Waals surface area contributed by atoms with Gasteiger partial charge in [0.15, 0.2) is 6.61 Å². The zero-order chi connectivity index (χ0) is 17.8. The summed E-state index contributed by atoms with van der Waals surface area (Å²) in [5.41, 5.74) is 4.73. The molecule has 1 N–H and O–H groups in total. The number of benzene rings is 2. The molecule has 0 aliphatic heterocycles. The van der Waals surface area contributed by atoms with Gasteiger partial charge in [0.2, 0.25) is 0 Å². The maximum atomic E-state index is 12.2. The lowest BCUT2D eigenvalue weighted by Gasteiger charge is -2.16. The number of nitrogens with one attached hydrogen (secondary N) is 1. The molecule has 0 saturated heterocycles. The van der Waals surface area contributed by atoms with Crippen molar-refractivity contribution >= 4 is 33.5 Å². The third kappa shape index (κ3) is 4.48. The van der Waals surface area contributed by atoms with Crippen LogP contribution in [0.5, 0.6) is 0 Å². The molecule has 0 atom stereocenters. The van der Waals surface area contributed by atoms with E-state index in [1.807, 2.05) is 31.2 Å². The summed E-state index contributed by atoms with van der Waals surface area (Å²) in [5.74, 6) is -0.816. The number of carbonyl (C=O) groups is 2. The Morgan fingerprint density at radius 1 is 1.08 bits per heavy atom. The van der Waals surface area contributed by atoms with Gasteiger partial charge in [-0.2, -0.15) is 0 Å². The zero-order valence-corrected chi connectivity index (χ0v) is 15.7. The molecule has 0 fully saturated rings. The van der Waals surface area contributed by atoms with E-state index in [4.69, 9.17) is 4.74 Å². The molecule has 2 aromatic carbocycles. The van der Waals surface area contributed by atoms with Gasteiger partial charge in [-0.1, -0.05) is 22.0 Å². The molecule has 0 saturated carbocycles. The van der Waals surface area contributed by atoms with Crippen LogP contribution in [0.25, 0.3) is 0 Å². The molecule has 1 aliphatic carbocycles. The lowest BCUT2D eigenvalue weighted by Crippen LogP contribution is -2.21. The Hall–Kier alpha value is -2.14. The van der Waals surface area contributed by atoms with E-state index in [0.717, 1.165) is 29.3 Å². The number of anilines is 1. The van der Waals surface area contributed by atoms with E-state index >= 15 is 0 Å². The second kappa shape index (κ2) is 7.83. The highest BCUT2D eigenvalue weighted by Crippen LogP contribution is 2.23. The van der Waals surface area contributed by atoms with E-state index in [1.54, 1.807) is 12.1 Å². The van der Waals surface area contributed by atoms with Crippen LogP contribution >= 0.6 is 15.9 Å². The Balaban J connectivity index is 1.56. The number of hydrogen-bond donors (Lipinski definition) is 1. The second-order valence-electron chi connectivity index (χ2n) is 6.28. The molecule has 4 nitrogen and oxygen atoms in total. The lowest BCUT2D eigenvalue weighted by atomic mass is 9.90. The van der Waals surface area contributed by atoms with Crippen molar-refractivity contribution in [1.29, 1.82) is 0 Å². The molecule has 5 heteroatoms. The molecular weight excluding hydrogens is 382 g/mol. The summed E-state index contributed by atoms with van der Waals surface area (Å²) in [6.45, 7) is 1.64. The Kier molecular flexibility index (Phi) is 5.53. The summed E-state index contributed by atoms with van der Waals surface area (Å²) in [5, 5.41) is 2.73. The second-order valence-corrected chi connectivity index (χ2v) is 7.13. The first-order chi connectivity index (χ1) is 12.0. The number of hydrogen-bond acceptors (Lipinski definition) is 3. The molecule has 0 unspecified atom stereocenters. The highest BCUT2D eigenvalue weighted by atomic mass is 79.9. The normalized spacial score (nSPS) is 13.0. The number of amides is 1. The van der Waals surface area contributed by atoms with Gasteiger partial charge >= 0.3 is 5.97 Å². The molecule has 2 aromatic rings. The highest BCUT2D eigenvalue weighted by molar-refractivity contribution is 9.10. The van der Waals surface area contributed by atoms with Crippen molar-refractivity contribution in [3.63, 3.8) is 0 Å². The molecule has 130 valence electrons.